The summed E-state index contributed by atoms with van der Waals surface area (Å²) in [6.45, 7) is 7.03. The fraction of sp³-hybridized carbons (Fsp3) is 0.238. The zero-order valence-corrected chi connectivity index (χ0v) is 15.2. The van der Waals surface area contributed by atoms with E-state index in [-0.39, 0.29) is 11.0 Å². The van der Waals surface area contributed by atoms with E-state index in [1.165, 1.54) is 5.56 Å². The maximum absolute atomic E-state index is 12.4. The number of nitrogens with one attached hydrogen (secondary N) is 3. The van der Waals surface area contributed by atoms with Gasteiger partial charge in [0.25, 0.3) is 5.56 Å². The summed E-state index contributed by atoms with van der Waals surface area (Å²) in [6, 6.07) is 14.2. The van der Waals surface area contributed by atoms with Crippen LogP contribution in [0.15, 0.2) is 53.5 Å². The van der Waals surface area contributed by atoms with Crippen molar-refractivity contribution in [3.05, 3.63) is 70.1 Å². The number of pyridine rings is 1. The molecule has 0 spiro atoms. The maximum atomic E-state index is 12.4. The van der Waals surface area contributed by atoms with E-state index in [2.05, 4.69) is 53.4 Å². The van der Waals surface area contributed by atoms with Crippen molar-refractivity contribution in [3.63, 3.8) is 0 Å². The van der Waals surface area contributed by atoms with Crippen LogP contribution >= 0.6 is 0 Å². The molecule has 2 heterocycles. The number of anilines is 1. The number of fused-ring (bicyclic) bond motifs is 2. The van der Waals surface area contributed by atoms with Crippen molar-refractivity contribution < 1.29 is 0 Å². The van der Waals surface area contributed by atoms with Crippen LogP contribution in [0.4, 0.5) is 5.69 Å². The van der Waals surface area contributed by atoms with E-state index in [9.17, 15) is 4.79 Å². The number of hydrogen-bond donors (Lipinski definition) is 3. The molecule has 0 aliphatic heterocycles. The molecule has 4 rings (SSSR count). The molecule has 0 bridgehead atoms. The van der Waals surface area contributed by atoms with Gasteiger partial charge in [-0.2, -0.15) is 5.10 Å². The highest BCUT2D eigenvalue weighted by Crippen LogP contribution is 2.25. The van der Waals surface area contributed by atoms with Crippen molar-refractivity contribution >= 4 is 27.5 Å². The molecule has 0 aliphatic rings. The summed E-state index contributed by atoms with van der Waals surface area (Å²) in [4.78, 5) is 15.4. The van der Waals surface area contributed by atoms with E-state index < -0.39 is 0 Å². The number of nitrogens with zero attached hydrogens (tertiary/aromatic N) is 1. The minimum Gasteiger partial charge on any atom is -0.381 e. The second kappa shape index (κ2) is 6.02. The molecular weight excluding hydrogens is 324 g/mol. The molecule has 0 amide bonds. The second-order valence-corrected chi connectivity index (χ2v) is 7.70. The van der Waals surface area contributed by atoms with Crippen LogP contribution in [0.3, 0.4) is 0 Å². The van der Waals surface area contributed by atoms with Gasteiger partial charge in [0, 0.05) is 28.7 Å². The summed E-state index contributed by atoms with van der Waals surface area (Å²) in [5.74, 6) is 0. The normalized spacial score (nSPS) is 12.0. The summed E-state index contributed by atoms with van der Waals surface area (Å²) in [5.41, 5.74) is 4.81. The van der Waals surface area contributed by atoms with Crippen LogP contribution in [0.1, 0.15) is 31.9 Å². The van der Waals surface area contributed by atoms with Crippen molar-refractivity contribution in [3.8, 4) is 0 Å². The van der Waals surface area contributed by atoms with E-state index in [1.54, 1.807) is 6.20 Å². The Balaban J connectivity index is 1.64. The van der Waals surface area contributed by atoms with Gasteiger partial charge in [-0.15, -0.1) is 0 Å². The van der Waals surface area contributed by atoms with Crippen LogP contribution in [0.2, 0.25) is 0 Å². The average molecular weight is 346 g/mol. The van der Waals surface area contributed by atoms with Crippen LogP contribution in [0.25, 0.3) is 21.8 Å². The fourth-order valence-corrected chi connectivity index (χ4v) is 3.10. The number of aromatic nitrogens is 3. The largest absolute Gasteiger partial charge is 0.381 e. The Morgan fingerprint density at radius 2 is 1.81 bits per heavy atom. The maximum Gasteiger partial charge on any atom is 0.253 e. The quantitative estimate of drug-likeness (QED) is 0.517. The SMILES string of the molecule is CC(C)(C)c1ccc2[nH]c(=O)c(CNc3ccc4[nH]ncc4c3)cc2c1. The number of aromatic amines is 2. The summed E-state index contributed by atoms with van der Waals surface area (Å²) in [6.07, 6.45) is 1.79. The second-order valence-electron chi connectivity index (χ2n) is 7.70. The number of rotatable bonds is 3. The molecule has 132 valence electrons. The van der Waals surface area contributed by atoms with Crippen molar-refractivity contribution in [2.75, 3.05) is 5.32 Å². The van der Waals surface area contributed by atoms with Crippen LogP contribution in [-0.4, -0.2) is 15.2 Å². The van der Waals surface area contributed by atoms with Gasteiger partial charge in [0.05, 0.1) is 11.7 Å². The van der Waals surface area contributed by atoms with E-state index in [0.717, 1.165) is 33.1 Å². The molecule has 0 atom stereocenters. The molecule has 2 aromatic heterocycles. The third-order valence-corrected chi connectivity index (χ3v) is 4.71. The molecule has 0 unspecified atom stereocenters. The zero-order valence-electron chi connectivity index (χ0n) is 15.2. The van der Waals surface area contributed by atoms with Crippen molar-refractivity contribution in [2.24, 2.45) is 0 Å². The zero-order chi connectivity index (χ0) is 18.3. The van der Waals surface area contributed by atoms with Gasteiger partial charge < -0.3 is 10.3 Å². The first-order valence-electron chi connectivity index (χ1n) is 8.74. The predicted octanol–water partition coefficient (Wildman–Crippen LogP) is 4.31. The molecule has 5 nitrogen and oxygen atoms in total. The summed E-state index contributed by atoms with van der Waals surface area (Å²) < 4.78 is 0. The third kappa shape index (κ3) is 3.08. The van der Waals surface area contributed by atoms with Gasteiger partial charge >= 0.3 is 0 Å². The van der Waals surface area contributed by atoms with E-state index >= 15 is 0 Å². The number of H-pyrrole nitrogens is 2. The smallest absolute Gasteiger partial charge is 0.253 e. The van der Waals surface area contributed by atoms with E-state index in [4.69, 9.17) is 0 Å². The molecule has 5 heteroatoms. The summed E-state index contributed by atoms with van der Waals surface area (Å²) in [7, 11) is 0. The summed E-state index contributed by atoms with van der Waals surface area (Å²) in [5, 5.41) is 12.4. The van der Waals surface area contributed by atoms with Crippen molar-refractivity contribution in [2.45, 2.75) is 32.7 Å². The Morgan fingerprint density at radius 3 is 2.62 bits per heavy atom. The monoisotopic (exact) mass is 346 g/mol. The van der Waals surface area contributed by atoms with Crippen molar-refractivity contribution in [1.29, 1.82) is 0 Å². The Bertz CT molecular complexity index is 1150. The third-order valence-electron chi connectivity index (χ3n) is 4.71. The molecule has 0 radical (unpaired) electrons. The molecule has 0 aliphatic carbocycles. The first kappa shape index (κ1) is 16.4. The molecule has 0 saturated heterocycles. The molecule has 26 heavy (non-hydrogen) atoms. The lowest BCUT2D eigenvalue weighted by Gasteiger charge is -2.19. The highest BCUT2D eigenvalue weighted by Gasteiger charge is 2.14. The Kier molecular flexibility index (Phi) is 3.80. The Labute approximate surface area is 151 Å². The molecule has 3 N–H and O–H groups in total. The number of benzene rings is 2. The minimum atomic E-state index is -0.0575. The standard InChI is InChI=1S/C21H22N4O/c1-21(2,3)16-4-6-18-13(9-16)8-15(20(26)24-18)11-22-17-5-7-19-14(10-17)12-23-25-19/h4-10,12,22H,11H2,1-3H3,(H,23,25)(H,24,26). The number of hydrogen-bond acceptors (Lipinski definition) is 3. The predicted molar refractivity (Wildman–Crippen MR) is 107 cm³/mol. The van der Waals surface area contributed by atoms with Crippen LogP contribution in [-0.2, 0) is 12.0 Å². The van der Waals surface area contributed by atoms with Gasteiger partial charge in [0.15, 0.2) is 0 Å². The first-order valence-corrected chi connectivity index (χ1v) is 8.74. The van der Waals surface area contributed by atoms with Gasteiger partial charge in [0.2, 0.25) is 0 Å². The average Bonchev–Trinajstić information content (AvgIpc) is 3.06. The highest BCUT2D eigenvalue weighted by molar-refractivity contribution is 5.82. The molecule has 0 saturated carbocycles. The fourth-order valence-electron chi connectivity index (χ4n) is 3.10. The first-order chi connectivity index (χ1) is 12.4. The van der Waals surface area contributed by atoms with Crippen molar-refractivity contribution in [1.82, 2.24) is 15.2 Å². The van der Waals surface area contributed by atoms with Gasteiger partial charge in [-0.25, -0.2) is 0 Å². The molecule has 4 aromatic rings. The lowest BCUT2D eigenvalue weighted by molar-refractivity contribution is 0.591. The Morgan fingerprint density at radius 1 is 1.00 bits per heavy atom. The molecule has 2 aromatic carbocycles. The van der Waals surface area contributed by atoms with E-state index in [0.29, 0.717) is 6.54 Å². The van der Waals surface area contributed by atoms with E-state index in [1.807, 2.05) is 30.3 Å². The highest BCUT2D eigenvalue weighted by atomic mass is 16.1. The summed E-state index contributed by atoms with van der Waals surface area (Å²) >= 11 is 0. The van der Waals surface area contributed by atoms with Gasteiger partial charge in [-0.05, 0) is 52.8 Å². The molecular formula is C21H22N4O. The molecule has 0 fully saturated rings. The lowest BCUT2D eigenvalue weighted by atomic mass is 9.86. The van der Waals surface area contributed by atoms with Gasteiger partial charge in [0.1, 0.15) is 0 Å². The van der Waals surface area contributed by atoms with Gasteiger partial charge in [-0.1, -0.05) is 26.8 Å². The van der Waals surface area contributed by atoms with Crippen LogP contribution < -0.4 is 10.9 Å². The lowest BCUT2D eigenvalue weighted by Crippen LogP contribution is -2.16. The Hall–Kier alpha value is -3.08. The topological polar surface area (TPSA) is 73.6 Å². The minimum absolute atomic E-state index is 0.0575. The van der Waals surface area contributed by atoms with Crippen LogP contribution in [0.5, 0.6) is 0 Å². The van der Waals surface area contributed by atoms with Gasteiger partial charge in [-0.3, -0.25) is 9.89 Å². The van der Waals surface area contributed by atoms with Crippen LogP contribution in [0, 0.1) is 0 Å².